The zero-order valence-corrected chi connectivity index (χ0v) is 10.7. The maximum atomic E-state index is 12.1. The van der Waals surface area contributed by atoms with Gasteiger partial charge in [-0.05, 0) is 17.8 Å². The topological polar surface area (TPSA) is 20.3 Å². The quantitative estimate of drug-likeness (QED) is 0.616. The summed E-state index contributed by atoms with van der Waals surface area (Å²) < 4.78 is 1.58. The van der Waals surface area contributed by atoms with Gasteiger partial charge in [-0.3, -0.25) is 9.10 Å². The fourth-order valence-electron chi connectivity index (χ4n) is 2.18. The van der Waals surface area contributed by atoms with E-state index in [-0.39, 0.29) is 16.7 Å². The van der Waals surface area contributed by atoms with Gasteiger partial charge in [0.1, 0.15) is 0 Å². The molecular weight excluding hydrogens is 194 g/mol. The molecule has 0 spiro atoms. The van der Waals surface area contributed by atoms with Gasteiger partial charge in [0, 0.05) is 12.0 Å². The Morgan fingerprint density at radius 2 is 1.86 bits per heavy atom. The van der Waals surface area contributed by atoms with Gasteiger partial charge in [-0.2, -0.15) is 0 Å². The SMILES string of the molecule is CC1CN(S)C(=O)C(C)(C)C(C)(C)C1. The minimum Gasteiger partial charge on any atom is -0.288 e. The van der Waals surface area contributed by atoms with Crippen molar-refractivity contribution in [2.75, 3.05) is 6.54 Å². The van der Waals surface area contributed by atoms with Crippen LogP contribution < -0.4 is 0 Å². The Morgan fingerprint density at radius 1 is 1.36 bits per heavy atom. The predicted molar refractivity (Wildman–Crippen MR) is 62.0 cm³/mol. The molecule has 2 nitrogen and oxygen atoms in total. The molecule has 0 N–H and O–H groups in total. The van der Waals surface area contributed by atoms with Gasteiger partial charge >= 0.3 is 0 Å². The molecule has 0 aliphatic carbocycles. The highest BCUT2D eigenvalue weighted by Crippen LogP contribution is 2.47. The lowest BCUT2D eigenvalue weighted by Crippen LogP contribution is -2.42. The highest BCUT2D eigenvalue weighted by atomic mass is 32.1. The monoisotopic (exact) mass is 215 g/mol. The van der Waals surface area contributed by atoms with E-state index in [0.29, 0.717) is 5.92 Å². The summed E-state index contributed by atoms with van der Waals surface area (Å²) in [6.45, 7) is 11.3. The fraction of sp³-hybridized carbons (Fsp3) is 0.909. The zero-order valence-electron chi connectivity index (χ0n) is 9.79. The third-order valence-corrected chi connectivity index (χ3v) is 4.15. The fourth-order valence-corrected chi connectivity index (χ4v) is 2.71. The molecular formula is C11H21NOS. The van der Waals surface area contributed by atoms with Gasteiger partial charge < -0.3 is 0 Å². The van der Waals surface area contributed by atoms with Crippen molar-refractivity contribution in [1.82, 2.24) is 4.31 Å². The normalized spacial score (nSPS) is 31.4. The Morgan fingerprint density at radius 3 is 2.36 bits per heavy atom. The summed E-state index contributed by atoms with van der Waals surface area (Å²) in [6.07, 6.45) is 1.07. The van der Waals surface area contributed by atoms with Crippen LogP contribution in [-0.2, 0) is 4.79 Å². The molecule has 1 unspecified atom stereocenters. The van der Waals surface area contributed by atoms with Gasteiger partial charge in [-0.15, -0.1) is 0 Å². The number of nitrogens with zero attached hydrogens (tertiary/aromatic N) is 1. The molecule has 14 heavy (non-hydrogen) atoms. The van der Waals surface area contributed by atoms with Crippen molar-refractivity contribution in [3.8, 4) is 0 Å². The Labute approximate surface area is 92.6 Å². The second kappa shape index (κ2) is 3.44. The van der Waals surface area contributed by atoms with E-state index in [1.54, 1.807) is 4.31 Å². The average molecular weight is 215 g/mol. The van der Waals surface area contributed by atoms with Gasteiger partial charge in [-0.25, -0.2) is 0 Å². The van der Waals surface area contributed by atoms with Crippen molar-refractivity contribution < 1.29 is 4.79 Å². The third-order valence-electron chi connectivity index (χ3n) is 3.80. The summed E-state index contributed by atoms with van der Waals surface area (Å²) >= 11 is 4.26. The number of hydrogen-bond donors (Lipinski definition) is 1. The first-order valence-electron chi connectivity index (χ1n) is 5.19. The van der Waals surface area contributed by atoms with E-state index >= 15 is 0 Å². The maximum absolute atomic E-state index is 12.1. The van der Waals surface area contributed by atoms with Crippen molar-refractivity contribution in [1.29, 1.82) is 0 Å². The van der Waals surface area contributed by atoms with E-state index in [1.165, 1.54) is 0 Å². The number of thiol groups is 1. The summed E-state index contributed by atoms with van der Waals surface area (Å²) in [5, 5.41) is 0. The number of carbonyl (C=O) groups excluding carboxylic acids is 1. The Hall–Kier alpha value is -0.180. The summed E-state index contributed by atoms with van der Waals surface area (Å²) in [7, 11) is 0. The molecule has 0 bridgehead atoms. The number of amides is 1. The second-order valence-electron chi connectivity index (χ2n) is 5.71. The van der Waals surface area contributed by atoms with Crippen molar-refractivity contribution >= 4 is 18.7 Å². The first-order valence-corrected chi connectivity index (χ1v) is 5.59. The van der Waals surface area contributed by atoms with E-state index < -0.39 is 0 Å². The summed E-state index contributed by atoms with van der Waals surface area (Å²) in [6, 6.07) is 0. The van der Waals surface area contributed by atoms with Crippen LogP contribution in [0.25, 0.3) is 0 Å². The van der Waals surface area contributed by atoms with E-state index in [1.807, 2.05) is 13.8 Å². The lowest BCUT2D eigenvalue weighted by molar-refractivity contribution is -0.139. The van der Waals surface area contributed by atoms with Crippen LogP contribution in [0.1, 0.15) is 41.0 Å². The zero-order chi connectivity index (χ0) is 11.1. The summed E-state index contributed by atoms with van der Waals surface area (Å²) in [4.78, 5) is 12.1. The van der Waals surface area contributed by atoms with Crippen LogP contribution in [0.4, 0.5) is 0 Å². The Bertz CT molecular complexity index is 248. The van der Waals surface area contributed by atoms with Crippen LogP contribution in [0.2, 0.25) is 0 Å². The molecule has 1 aliphatic heterocycles. The standard InChI is InChI=1S/C11H21NOS/c1-8-6-10(2,3)11(4,5)9(13)12(14)7-8/h8,14H,6-7H2,1-5H3. The van der Waals surface area contributed by atoms with Crippen LogP contribution in [0, 0.1) is 16.7 Å². The molecule has 1 amide bonds. The average Bonchev–Trinajstić information content (AvgIpc) is 2.03. The van der Waals surface area contributed by atoms with E-state index in [0.717, 1.165) is 13.0 Å². The number of hydrogen-bond acceptors (Lipinski definition) is 2. The van der Waals surface area contributed by atoms with Gasteiger partial charge in [0.05, 0.1) is 0 Å². The minimum absolute atomic E-state index is 0.0426. The molecule has 1 atom stereocenters. The van der Waals surface area contributed by atoms with E-state index in [4.69, 9.17) is 0 Å². The Kier molecular flexibility index (Phi) is 2.92. The first-order chi connectivity index (χ1) is 6.18. The van der Waals surface area contributed by atoms with E-state index in [2.05, 4.69) is 33.6 Å². The smallest absolute Gasteiger partial charge is 0.238 e. The first kappa shape index (κ1) is 11.9. The van der Waals surface area contributed by atoms with Gasteiger partial charge in [0.15, 0.2) is 0 Å². The maximum Gasteiger partial charge on any atom is 0.238 e. The van der Waals surface area contributed by atoms with Crippen molar-refractivity contribution in [3.63, 3.8) is 0 Å². The molecule has 1 rings (SSSR count). The summed E-state index contributed by atoms with van der Waals surface area (Å²) in [5.41, 5.74) is -0.277. The van der Waals surface area contributed by atoms with Crippen LogP contribution >= 0.6 is 12.8 Å². The minimum atomic E-state index is -0.320. The van der Waals surface area contributed by atoms with Crippen molar-refractivity contribution in [2.24, 2.45) is 16.7 Å². The molecule has 0 radical (unpaired) electrons. The van der Waals surface area contributed by atoms with Gasteiger partial charge in [0.2, 0.25) is 5.91 Å². The van der Waals surface area contributed by atoms with Crippen LogP contribution in [0.15, 0.2) is 0 Å². The molecule has 82 valence electrons. The van der Waals surface area contributed by atoms with Gasteiger partial charge in [0.25, 0.3) is 0 Å². The largest absolute Gasteiger partial charge is 0.288 e. The molecule has 1 saturated heterocycles. The summed E-state index contributed by atoms with van der Waals surface area (Å²) in [5.74, 6) is 0.670. The molecule has 1 heterocycles. The van der Waals surface area contributed by atoms with Crippen LogP contribution in [0.5, 0.6) is 0 Å². The number of carbonyl (C=O) groups is 1. The molecule has 0 saturated carbocycles. The Balaban J connectivity index is 3.07. The molecule has 1 fully saturated rings. The van der Waals surface area contributed by atoms with Crippen LogP contribution in [0.3, 0.4) is 0 Å². The third kappa shape index (κ3) is 1.79. The highest BCUT2D eigenvalue weighted by molar-refractivity contribution is 7.78. The lowest BCUT2D eigenvalue weighted by Gasteiger charge is -2.39. The van der Waals surface area contributed by atoms with Crippen molar-refractivity contribution in [3.05, 3.63) is 0 Å². The number of rotatable bonds is 0. The lowest BCUT2D eigenvalue weighted by atomic mass is 9.64. The second-order valence-corrected chi connectivity index (χ2v) is 6.19. The van der Waals surface area contributed by atoms with Crippen LogP contribution in [-0.4, -0.2) is 16.8 Å². The van der Waals surface area contributed by atoms with E-state index in [9.17, 15) is 4.79 Å². The molecule has 0 aromatic carbocycles. The molecule has 0 aromatic rings. The van der Waals surface area contributed by atoms with Crippen molar-refractivity contribution in [2.45, 2.75) is 41.0 Å². The molecule has 0 aromatic heterocycles. The predicted octanol–water partition coefficient (Wildman–Crippen LogP) is 2.75. The highest BCUT2D eigenvalue weighted by Gasteiger charge is 2.47. The molecule has 3 heteroatoms. The molecule has 1 aliphatic rings. The van der Waals surface area contributed by atoms with Gasteiger partial charge in [-0.1, -0.05) is 47.4 Å².